The number of nitrogens with zero attached hydrogens (tertiary/aromatic N) is 2. The van der Waals surface area contributed by atoms with E-state index in [4.69, 9.17) is 0 Å². The van der Waals surface area contributed by atoms with Gasteiger partial charge in [-0.1, -0.05) is 12.1 Å². The van der Waals surface area contributed by atoms with Crippen LogP contribution in [-0.4, -0.2) is 15.1 Å². The molecule has 3 heteroatoms. The summed E-state index contributed by atoms with van der Waals surface area (Å²) in [6, 6.07) is 4.11. The first-order valence-electron chi connectivity index (χ1n) is 5.18. The molecule has 0 aliphatic carbocycles. The van der Waals surface area contributed by atoms with Crippen molar-refractivity contribution >= 4 is 0 Å². The lowest BCUT2D eigenvalue weighted by atomic mass is 9.97. The Morgan fingerprint density at radius 2 is 1.56 bits per heavy atom. The van der Waals surface area contributed by atoms with Gasteiger partial charge in [-0.15, -0.1) is 0 Å². The molecule has 0 radical (unpaired) electrons. The molecule has 1 N–H and O–H groups in total. The van der Waals surface area contributed by atoms with Crippen molar-refractivity contribution < 1.29 is 5.11 Å². The standard InChI is InChI=1S/C13H14N2O/c1-9-3-11(4-10(2)13(9)7-16)12-5-14-8-15-6-12/h3-6,8,16H,7H2,1-2H3. The van der Waals surface area contributed by atoms with Gasteiger partial charge in [-0.2, -0.15) is 0 Å². The highest BCUT2D eigenvalue weighted by Gasteiger charge is 2.05. The predicted molar refractivity (Wildman–Crippen MR) is 62.9 cm³/mol. The largest absolute Gasteiger partial charge is 0.392 e. The number of hydrogen-bond donors (Lipinski definition) is 1. The SMILES string of the molecule is Cc1cc(-c2cncnc2)cc(C)c1CO. The van der Waals surface area contributed by atoms with Gasteiger partial charge in [-0.25, -0.2) is 9.97 Å². The zero-order chi connectivity index (χ0) is 11.5. The molecular weight excluding hydrogens is 200 g/mol. The lowest BCUT2D eigenvalue weighted by Crippen LogP contribution is -1.94. The van der Waals surface area contributed by atoms with Crippen molar-refractivity contribution in [2.45, 2.75) is 20.5 Å². The Morgan fingerprint density at radius 1 is 1.00 bits per heavy atom. The van der Waals surface area contributed by atoms with Gasteiger partial charge in [0, 0.05) is 18.0 Å². The van der Waals surface area contributed by atoms with E-state index in [9.17, 15) is 5.11 Å². The summed E-state index contributed by atoms with van der Waals surface area (Å²) in [7, 11) is 0. The van der Waals surface area contributed by atoms with Gasteiger partial charge in [0.1, 0.15) is 6.33 Å². The van der Waals surface area contributed by atoms with Gasteiger partial charge < -0.3 is 5.11 Å². The minimum Gasteiger partial charge on any atom is -0.392 e. The quantitative estimate of drug-likeness (QED) is 0.834. The summed E-state index contributed by atoms with van der Waals surface area (Å²) in [5, 5.41) is 9.24. The molecule has 1 heterocycles. The molecule has 1 aromatic heterocycles. The maximum Gasteiger partial charge on any atom is 0.115 e. The molecule has 0 unspecified atom stereocenters. The maximum absolute atomic E-state index is 9.24. The molecule has 0 spiro atoms. The smallest absolute Gasteiger partial charge is 0.115 e. The molecule has 3 nitrogen and oxygen atoms in total. The third-order valence-electron chi connectivity index (χ3n) is 2.75. The number of benzene rings is 1. The maximum atomic E-state index is 9.24. The normalized spacial score (nSPS) is 10.4. The molecule has 0 saturated heterocycles. The number of hydrogen-bond acceptors (Lipinski definition) is 3. The summed E-state index contributed by atoms with van der Waals surface area (Å²) in [5.74, 6) is 0. The third kappa shape index (κ3) is 1.95. The van der Waals surface area contributed by atoms with Gasteiger partial charge in [0.15, 0.2) is 0 Å². The van der Waals surface area contributed by atoms with Crippen LogP contribution in [0.1, 0.15) is 16.7 Å². The van der Waals surface area contributed by atoms with E-state index in [0.717, 1.165) is 27.8 Å². The first kappa shape index (κ1) is 10.8. The Labute approximate surface area is 94.8 Å². The van der Waals surface area contributed by atoms with Crippen LogP contribution in [0.15, 0.2) is 30.9 Å². The van der Waals surface area contributed by atoms with Crippen molar-refractivity contribution in [1.29, 1.82) is 0 Å². The number of aliphatic hydroxyl groups excluding tert-OH is 1. The lowest BCUT2D eigenvalue weighted by molar-refractivity contribution is 0.280. The van der Waals surface area contributed by atoms with Crippen LogP contribution in [0.4, 0.5) is 0 Å². The zero-order valence-electron chi connectivity index (χ0n) is 9.44. The zero-order valence-corrected chi connectivity index (χ0v) is 9.44. The van der Waals surface area contributed by atoms with E-state index in [1.165, 1.54) is 6.33 Å². The van der Waals surface area contributed by atoms with E-state index in [2.05, 4.69) is 22.1 Å². The van der Waals surface area contributed by atoms with Crippen LogP contribution in [0.5, 0.6) is 0 Å². The fourth-order valence-electron chi connectivity index (χ4n) is 1.86. The fraction of sp³-hybridized carbons (Fsp3) is 0.231. The van der Waals surface area contributed by atoms with Crippen molar-refractivity contribution in [2.75, 3.05) is 0 Å². The van der Waals surface area contributed by atoms with Gasteiger partial charge in [-0.05, 0) is 36.1 Å². The monoisotopic (exact) mass is 214 g/mol. The minimum atomic E-state index is 0.0865. The Bertz CT molecular complexity index is 472. The first-order valence-corrected chi connectivity index (χ1v) is 5.18. The molecule has 2 rings (SSSR count). The molecule has 2 aromatic rings. The number of aromatic nitrogens is 2. The summed E-state index contributed by atoms with van der Waals surface area (Å²) in [5.41, 5.74) is 5.29. The van der Waals surface area contributed by atoms with Crippen LogP contribution in [-0.2, 0) is 6.61 Å². The van der Waals surface area contributed by atoms with Crippen molar-refractivity contribution in [3.63, 3.8) is 0 Å². The summed E-state index contributed by atoms with van der Waals surface area (Å²) >= 11 is 0. The van der Waals surface area contributed by atoms with E-state index in [0.29, 0.717) is 0 Å². The van der Waals surface area contributed by atoms with Crippen molar-refractivity contribution in [3.05, 3.63) is 47.5 Å². The molecule has 1 aromatic carbocycles. The number of aryl methyl sites for hydroxylation is 2. The molecule has 0 fully saturated rings. The second kappa shape index (κ2) is 4.41. The Morgan fingerprint density at radius 3 is 2.06 bits per heavy atom. The van der Waals surface area contributed by atoms with Gasteiger partial charge >= 0.3 is 0 Å². The molecule has 0 amide bonds. The van der Waals surface area contributed by atoms with Crippen LogP contribution in [0.25, 0.3) is 11.1 Å². The minimum absolute atomic E-state index is 0.0865. The van der Waals surface area contributed by atoms with Crippen LogP contribution >= 0.6 is 0 Å². The fourth-order valence-corrected chi connectivity index (χ4v) is 1.86. The van der Waals surface area contributed by atoms with Gasteiger partial charge in [-0.3, -0.25) is 0 Å². The molecule has 0 aliphatic rings. The van der Waals surface area contributed by atoms with Gasteiger partial charge in [0.2, 0.25) is 0 Å². The van der Waals surface area contributed by atoms with E-state index >= 15 is 0 Å². The molecule has 0 aliphatic heterocycles. The second-order valence-electron chi connectivity index (χ2n) is 3.87. The van der Waals surface area contributed by atoms with Crippen molar-refractivity contribution in [3.8, 4) is 11.1 Å². The number of aliphatic hydroxyl groups is 1. The third-order valence-corrected chi connectivity index (χ3v) is 2.75. The van der Waals surface area contributed by atoms with E-state index < -0.39 is 0 Å². The van der Waals surface area contributed by atoms with Crippen LogP contribution < -0.4 is 0 Å². The summed E-state index contributed by atoms with van der Waals surface area (Å²) in [6.45, 7) is 4.10. The second-order valence-corrected chi connectivity index (χ2v) is 3.87. The number of rotatable bonds is 2. The van der Waals surface area contributed by atoms with E-state index in [1.807, 2.05) is 13.8 Å². The van der Waals surface area contributed by atoms with E-state index in [-0.39, 0.29) is 6.61 Å². The summed E-state index contributed by atoms with van der Waals surface area (Å²) in [4.78, 5) is 8.00. The molecule has 0 bridgehead atoms. The highest BCUT2D eigenvalue weighted by molar-refractivity contribution is 5.64. The van der Waals surface area contributed by atoms with Crippen LogP contribution in [0.3, 0.4) is 0 Å². The van der Waals surface area contributed by atoms with Crippen molar-refractivity contribution in [2.24, 2.45) is 0 Å². The molecule has 0 saturated carbocycles. The summed E-state index contributed by atoms with van der Waals surface area (Å²) in [6.07, 6.45) is 5.10. The van der Waals surface area contributed by atoms with Crippen molar-refractivity contribution in [1.82, 2.24) is 9.97 Å². The Kier molecular flexibility index (Phi) is 2.97. The molecule has 82 valence electrons. The molecule has 0 atom stereocenters. The molecule has 16 heavy (non-hydrogen) atoms. The predicted octanol–water partition coefficient (Wildman–Crippen LogP) is 2.25. The highest BCUT2D eigenvalue weighted by atomic mass is 16.3. The van der Waals surface area contributed by atoms with Gasteiger partial charge in [0.05, 0.1) is 6.61 Å². The topological polar surface area (TPSA) is 46.0 Å². The lowest BCUT2D eigenvalue weighted by Gasteiger charge is -2.10. The van der Waals surface area contributed by atoms with E-state index in [1.54, 1.807) is 12.4 Å². The van der Waals surface area contributed by atoms with Crippen LogP contribution in [0, 0.1) is 13.8 Å². The Balaban J connectivity index is 2.53. The average molecular weight is 214 g/mol. The first-order chi connectivity index (χ1) is 7.72. The Hall–Kier alpha value is -1.74. The summed E-state index contributed by atoms with van der Waals surface area (Å²) < 4.78 is 0. The average Bonchev–Trinajstić information content (AvgIpc) is 2.30. The van der Waals surface area contributed by atoms with Gasteiger partial charge in [0.25, 0.3) is 0 Å². The van der Waals surface area contributed by atoms with Crippen LogP contribution in [0.2, 0.25) is 0 Å². The molecular formula is C13H14N2O. The highest BCUT2D eigenvalue weighted by Crippen LogP contribution is 2.24.